The van der Waals surface area contributed by atoms with E-state index in [4.69, 9.17) is 0 Å². The van der Waals surface area contributed by atoms with Crippen LogP contribution in [0, 0.1) is 6.92 Å². The molecule has 1 saturated heterocycles. The van der Waals surface area contributed by atoms with Crippen LogP contribution in [-0.4, -0.2) is 60.5 Å². The lowest BCUT2D eigenvalue weighted by atomic mass is 9.97. The van der Waals surface area contributed by atoms with Crippen LogP contribution in [0.4, 0.5) is 5.82 Å². The zero-order valence-corrected chi connectivity index (χ0v) is 15.4. The van der Waals surface area contributed by atoms with Crippen LogP contribution in [-0.2, 0) is 0 Å². The van der Waals surface area contributed by atoms with Crippen molar-refractivity contribution in [1.82, 2.24) is 20.2 Å². The number of hydrogen-bond acceptors (Lipinski definition) is 5. The highest BCUT2D eigenvalue weighted by atomic mass is 16.1. The Balaban J connectivity index is 1.59. The van der Waals surface area contributed by atoms with Gasteiger partial charge in [-0.05, 0) is 46.1 Å². The van der Waals surface area contributed by atoms with Crippen molar-refractivity contribution in [1.29, 1.82) is 0 Å². The third-order valence-electron chi connectivity index (χ3n) is 5.00. The van der Waals surface area contributed by atoms with E-state index >= 15 is 0 Å². The Labute approximate surface area is 150 Å². The van der Waals surface area contributed by atoms with E-state index in [9.17, 15) is 4.79 Å². The fraction of sp³-hybridized carbons (Fsp3) is 0.632. The van der Waals surface area contributed by atoms with E-state index in [-0.39, 0.29) is 5.91 Å². The fourth-order valence-corrected chi connectivity index (χ4v) is 3.42. The van der Waals surface area contributed by atoms with Gasteiger partial charge in [0.25, 0.3) is 5.91 Å². The van der Waals surface area contributed by atoms with Crippen LogP contribution in [0.1, 0.15) is 48.4 Å². The highest BCUT2D eigenvalue weighted by Crippen LogP contribution is 2.19. The number of nitrogens with one attached hydrogen (secondary N) is 1. The maximum atomic E-state index is 12.5. The first kappa shape index (κ1) is 17.9. The number of allylic oxidation sites excluding steroid dienone is 1. The van der Waals surface area contributed by atoms with Crippen molar-refractivity contribution in [3.05, 3.63) is 29.2 Å². The van der Waals surface area contributed by atoms with Crippen LogP contribution >= 0.6 is 0 Å². The summed E-state index contributed by atoms with van der Waals surface area (Å²) in [6.45, 7) is 6.42. The van der Waals surface area contributed by atoms with E-state index in [1.165, 1.54) is 31.3 Å². The SMILES string of the molecule is Cc1nc(C(=O)NCCC2=CCCCC2)cc(N2CCN(C)CC2)n1. The normalized spacial score (nSPS) is 18.8. The molecule has 6 nitrogen and oxygen atoms in total. The van der Waals surface area contributed by atoms with Crippen molar-refractivity contribution in [2.75, 3.05) is 44.7 Å². The second-order valence-corrected chi connectivity index (χ2v) is 7.06. The molecule has 0 radical (unpaired) electrons. The Bertz CT molecular complexity index is 635. The maximum absolute atomic E-state index is 12.5. The summed E-state index contributed by atoms with van der Waals surface area (Å²) in [7, 11) is 2.13. The van der Waals surface area contributed by atoms with E-state index in [0.717, 1.165) is 38.4 Å². The number of hydrogen-bond donors (Lipinski definition) is 1. The molecule has 1 aromatic rings. The first-order valence-corrected chi connectivity index (χ1v) is 9.37. The van der Waals surface area contributed by atoms with Gasteiger partial charge in [-0.1, -0.05) is 11.6 Å². The van der Waals surface area contributed by atoms with Crippen molar-refractivity contribution < 1.29 is 4.79 Å². The summed E-state index contributed by atoms with van der Waals surface area (Å²) in [5, 5.41) is 3.01. The van der Waals surface area contributed by atoms with E-state index < -0.39 is 0 Å². The minimum Gasteiger partial charge on any atom is -0.354 e. The van der Waals surface area contributed by atoms with E-state index in [0.29, 0.717) is 18.1 Å². The highest BCUT2D eigenvalue weighted by Gasteiger charge is 2.18. The van der Waals surface area contributed by atoms with Gasteiger partial charge in [0, 0.05) is 38.8 Å². The quantitative estimate of drug-likeness (QED) is 0.830. The second kappa shape index (κ2) is 8.43. The van der Waals surface area contributed by atoms with Crippen molar-refractivity contribution in [2.24, 2.45) is 0 Å². The molecule has 2 heterocycles. The number of rotatable bonds is 5. The number of carbonyl (C=O) groups excluding carboxylic acids is 1. The lowest BCUT2D eigenvalue weighted by molar-refractivity contribution is 0.0948. The first-order chi connectivity index (χ1) is 12.1. The van der Waals surface area contributed by atoms with E-state index in [1.54, 1.807) is 0 Å². The molecular weight excluding hydrogens is 314 g/mol. The molecule has 0 saturated carbocycles. The Kier molecular flexibility index (Phi) is 6.02. The standard InChI is InChI=1S/C19H29N5O/c1-15-21-17(14-18(22-15)24-12-10-23(2)11-13-24)19(25)20-9-8-16-6-4-3-5-7-16/h6,14H,3-5,7-13H2,1-2H3,(H,20,25). The summed E-state index contributed by atoms with van der Waals surface area (Å²) >= 11 is 0. The molecule has 2 aliphatic rings. The number of nitrogens with zero attached hydrogens (tertiary/aromatic N) is 4. The van der Waals surface area contributed by atoms with Gasteiger partial charge in [0.1, 0.15) is 17.3 Å². The average Bonchev–Trinajstić information content (AvgIpc) is 2.62. The largest absolute Gasteiger partial charge is 0.354 e. The van der Waals surface area contributed by atoms with Gasteiger partial charge < -0.3 is 15.1 Å². The van der Waals surface area contributed by atoms with Gasteiger partial charge in [-0.15, -0.1) is 0 Å². The molecule has 0 atom stereocenters. The molecule has 1 amide bonds. The Morgan fingerprint density at radius 1 is 1.20 bits per heavy atom. The molecule has 0 bridgehead atoms. The molecule has 0 aromatic carbocycles. The molecule has 3 rings (SSSR count). The molecule has 1 aliphatic heterocycles. The molecule has 0 spiro atoms. The lowest BCUT2D eigenvalue weighted by Gasteiger charge is -2.33. The monoisotopic (exact) mass is 343 g/mol. The van der Waals surface area contributed by atoms with Crippen LogP contribution in [0.15, 0.2) is 17.7 Å². The van der Waals surface area contributed by atoms with Crippen molar-refractivity contribution in [2.45, 2.75) is 39.0 Å². The van der Waals surface area contributed by atoms with E-state index in [2.05, 4.69) is 38.2 Å². The van der Waals surface area contributed by atoms with Crippen molar-refractivity contribution in [3.8, 4) is 0 Å². The van der Waals surface area contributed by atoms with Crippen LogP contribution in [0.5, 0.6) is 0 Å². The predicted octanol–water partition coefficient (Wildman–Crippen LogP) is 2.16. The third kappa shape index (κ3) is 5.01. The van der Waals surface area contributed by atoms with Gasteiger partial charge in [0.05, 0.1) is 0 Å². The molecule has 1 N–H and O–H groups in total. The minimum absolute atomic E-state index is 0.0997. The molecule has 6 heteroatoms. The van der Waals surface area contributed by atoms with Crippen molar-refractivity contribution >= 4 is 11.7 Å². The second-order valence-electron chi connectivity index (χ2n) is 7.06. The highest BCUT2D eigenvalue weighted by molar-refractivity contribution is 5.92. The summed E-state index contributed by atoms with van der Waals surface area (Å²) in [5.41, 5.74) is 1.95. The van der Waals surface area contributed by atoms with Gasteiger partial charge in [-0.25, -0.2) is 9.97 Å². The summed E-state index contributed by atoms with van der Waals surface area (Å²) in [5.74, 6) is 1.41. The number of piperazine rings is 1. The number of aryl methyl sites for hydroxylation is 1. The molecule has 1 fully saturated rings. The molecule has 0 unspecified atom stereocenters. The van der Waals surface area contributed by atoms with Gasteiger partial charge >= 0.3 is 0 Å². The number of aromatic nitrogens is 2. The molecular formula is C19H29N5O. The lowest BCUT2D eigenvalue weighted by Crippen LogP contribution is -2.45. The number of likely N-dealkylation sites (N-methyl/N-ethyl adjacent to an activating group) is 1. The maximum Gasteiger partial charge on any atom is 0.270 e. The van der Waals surface area contributed by atoms with Gasteiger partial charge in [0.15, 0.2) is 0 Å². The minimum atomic E-state index is -0.0997. The van der Waals surface area contributed by atoms with Gasteiger partial charge in [-0.3, -0.25) is 4.79 Å². The predicted molar refractivity (Wildman–Crippen MR) is 100.0 cm³/mol. The first-order valence-electron chi connectivity index (χ1n) is 9.37. The molecule has 1 aliphatic carbocycles. The smallest absolute Gasteiger partial charge is 0.270 e. The van der Waals surface area contributed by atoms with E-state index in [1.807, 2.05) is 13.0 Å². The topological polar surface area (TPSA) is 61.4 Å². The fourth-order valence-electron chi connectivity index (χ4n) is 3.42. The molecule has 136 valence electrons. The number of amides is 1. The van der Waals surface area contributed by atoms with Crippen LogP contribution in [0.25, 0.3) is 0 Å². The Morgan fingerprint density at radius 2 is 2.00 bits per heavy atom. The summed E-state index contributed by atoms with van der Waals surface area (Å²) in [4.78, 5) is 25.9. The van der Waals surface area contributed by atoms with Crippen molar-refractivity contribution in [3.63, 3.8) is 0 Å². The van der Waals surface area contributed by atoms with Gasteiger partial charge in [-0.2, -0.15) is 0 Å². The average molecular weight is 343 g/mol. The number of anilines is 1. The zero-order valence-electron chi connectivity index (χ0n) is 15.4. The summed E-state index contributed by atoms with van der Waals surface area (Å²) in [6, 6.07) is 1.83. The van der Waals surface area contributed by atoms with Crippen LogP contribution in [0.2, 0.25) is 0 Å². The zero-order chi connectivity index (χ0) is 17.6. The summed E-state index contributed by atoms with van der Waals surface area (Å²) in [6.07, 6.45) is 8.21. The van der Waals surface area contributed by atoms with Gasteiger partial charge in [0.2, 0.25) is 0 Å². The number of carbonyl (C=O) groups is 1. The molecule has 25 heavy (non-hydrogen) atoms. The van der Waals surface area contributed by atoms with Crippen LogP contribution in [0.3, 0.4) is 0 Å². The third-order valence-corrected chi connectivity index (χ3v) is 5.00. The Morgan fingerprint density at radius 3 is 2.72 bits per heavy atom. The van der Waals surface area contributed by atoms with Crippen LogP contribution < -0.4 is 10.2 Å². The summed E-state index contributed by atoms with van der Waals surface area (Å²) < 4.78 is 0. The molecule has 1 aromatic heterocycles. The Hall–Kier alpha value is -1.95.